The van der Waals surface area contributed by atoms with Crippen LogP contribution in [-0.4, -0.2) is 78.9 Å². The van der Waals surface area contributed by atoms with Gasteiger partial charge in [0.15, 0.2) is 4.34 Å². The van der Waals surface area contributed by atoms with Gasteiger partial charge in [-0.2, -0.15) is 4.31 Å². The van der Waals surface area contributed by atoms with Crippen molar-refractivity contribution < 1.29 is 17.9 Å². The molecule has 3 heterocycles. The maximum atomic E-state index is 12.6. The van der Waals surface area contributed by atoms with Gasteiger partial charge in [-0.25, -0.2) is 13.4 Å². The van der Waals surface area contributed by atoms with Crippen molar-refractivity contribution in [3.05, 3.63) is 24.3 Å². The van der Waals surface area contributed by atoms with Gasteiger partial charge in [0.2, 0.25) is 10.0 Å². The van der Waals surface area contributed by atoms with E-state index >= 15 is 0 Å². The number of carbonyl (C=O) groups is 1. The zero-order valence-corrected chi connectivity index (χ0v) is 18.6. The molecule has 29 heavy (non-hydrogen) atoms. The number of sulfonamides is 1. The molecule has 2 aliphatic rings. The van der Waals surface area contributed by atoms with E-state index in [1.807, 2.05) is 24.3 Å². The van der Waals surface area contributed by atoms with Gasteiger partial charge in [0, 0.05) is 38.5 Å². The molecule has 1 unspecified atom stereocenters. The Bertz CT molecular complexity index is 916. The molecule has 0 aliphatic carbocycles. The van der Waals surface area contributed by atoms with E-state index in [2.05, 4.69) is 4.98 Å². The van der Waals surface area contributed by atoms with Gasteiger partial charge in [-0.05, 0) is 31.4 Å². The first-order chi connectivity index (χ1) is 14.0. The van der Waals surface area contributed by atoms with Crippen LogP contribution in [0.25, 0.3) is 10.2 Å². The lowest BCUT2D eigenvalue weighted by molar-refractivity contribution is -0.142. The summed E-state index contributed by atoms with van der Waals surface area (Å²) in [5, 5.41) is 0. The molecule has 1 amide bonds. The molecule has 2 fully saturated rings. The van der Waals surface area contributed by atoms with E-state index in [1.54, 1.807) is 28.0 Å². The number of thiazole rings is 1. The predicted molar refractivity (Wildman–Crippen MR) is 116 cm³/mol. The summed E-state index contributed by atoms with van der Waals surface area (Å²) >= 11 is 3.25. The minimum absolute atomic E-state index is 0.00628. The Kier molecular flexibility index (Phi) is 6.75. The van der Waals surface area contributed by atoms with Gasteiger partial charge in [-0.15, -0.1) is 11.3 Å². The molecule has 10 heteroatoms. The summed E-state index contributed by atoms with van der Waals surface area (Å²) < 4.78 is 34.4. The summed E-state index contributed by atoms with van der Waals surface area (Å²) in [6, 6.07) is 8.00. The average Bonchev–Trinajstić information content (AvgIpc) is 3.40. The Morgan fingerprint density at radius 1 is 1.24 bits per heavy atom. The Morgan fingerprint density at radius 2 is 2.03 bits per heavy atom. The maximum absolute atomic E-state index is 12.6. The molecule has 0 spiro atoms. The minimum atomic E-state index is -3.30. The molecule has 0 N–H and O–H groups in total. The Hall–Kier alpha value is -1.20. The SMILES string of the molecule is O=C(C1CCCO1)N1CCN(S(=O)(=O)CCCSc2nc3ccccc3s2)CC1. The molecular weight excluding hydrogens is 430 g/mol. The van der Waals surface area contributed by atoms with E-state index in [-0.39, 0.29) is 17.8 Å². The van der Waals surface area contributed by atoms with Crippen LogP contribution in [0.2, 0.25) is 0 Å². The third-order valence-corrected chi connectivity index (χ3v) is 9.42. The number of carbonyl (C=O) groups excluding carboxylic acids is 1. The van der Waals surface area contributed by atoms with Crippen LogP contribution in [0.3, 0.4) is 0 Å². The fourth-order valence-electron chi connectivity index (χ4n) is 3.61. The monoisotopic (exact) mass is 455 g/mol. The summed E-state index contributed by atoms with van der Waals surface area (Å²) in [5.41, 5.74) is 0.989. The zero-order valence-electron chi connectivity index (χ0n) is 16.2. The van der Waals surface area contributed by atoms with Crippen LogP contribution < -0.4 is 0 Å². The van der Waals surface area contributed by atoms with Crippen LogP contribution in [-0.2, 0) is 19.6 Å². The molecule has 7 nitrogen and oxygen atoms in total. The van der Waals surface area contributed by atoms with Crippen LogP contribution in [0, 0.1) is 0 Å². The molecular formula is C19H25N3O4S3. The molecule has 1 atom stereocenters. The van der Waals surface area contributed by atoms with Crippen molar-refractivity contribution in [1.82, 2.24) is 14.2 Å². The normalized spacial score (nSPS) is 21.1. The van der Waals surface area contributed by atoms with Crippen LogP contribution in [0.5, 0.6) is 0 Å². The van der Waals surface area contributed by atoms with Crippen molar-refractivity contribution in [3.8, 4) is 0 Å². The van der Waals surface area contributed by atoms with Gasteiger partial charge in [0.05, 0.1) is 16.0 Å². The highest BCUT2D eigenvalue weighted by Gasteiger charge is 2.33. The van der Waals surface area contributed by atoms with Crippen LogP contribution in [0.4, 0.5) is 0 Å². The number of para-hydroxylation sites is 1. The maximum Gasteiger partial charge on any atom is 0.251 e. The Balaban J connectivity index is 1.21. The van der Waals surface area contributed by atoms with Crippen LogP contribution in [0.1, 0.15) is 19.3 Å². The van der Waals surface area contributed by atoms with E-state index in [1.165, 1.54) is 4.31 Å². The third kappa shape index (κ3) is 5.11. The number of thioether (sulfide) groups is 1. The van der Waals surface area contributed by atoms with Gasteiger partial charge in [-0.3, -0.25) is 4.79 Å². The highest BCUT2D eigenvalue weighted by Crippen LogP contribution is 2.29. The molecule has 4 rings (SSSR count). The average molecular weight is 456 g/mol. The number of nitrogens with zero attached hydrogens (tertiary/aromatic N) is 3. The van der Waals surface area contributed by atoms with Gasteiger partial charge >= 0.3 is 0 Å². The second-order valence-electron chi connectivity index (χ2n) is 7.19. The smallest absolute Gasteiger partial charge is 0.251 e. The molecule has 2 aromatic rings. The van der Waals surface area contributed by atoms with Crippen LogP contribution in [0.15, 0.2) is 28.6 Å². The zero-order chi connectivity index (χ0) is 20.3. The first kappa shape index (κ1) is 21.0. The van der Waals surface area contributed by atoms with Crippen molar-refractivity contribution in [3.63, 3.8) is 0 Å². The number of benzene rings is 1. The van der Waals surface area contributed by atoms with Crippen molar-refractivity contribution >= 4 is 49.2 Å². The quantitative estimate of drug-likeness (QED) is 0.471. The standard InChI is InChI=1S/C19H25N3O4S3/c23-18(16-6-3-12-26-16)21-8-10-22(11-9-21)29(24,25)14-4-13-27-19-20-15-5-1-2-7-17(15)28-19/h1-2,5,7,16H,3-4,6,8-14H2. The van der Waals surface area contributed by atoms with E-state index in [0.717, 1.165) is 33.2 Å². The minimum Gasteiger partial charge on any atom is -0.368 e. The number of hydrogen-bond donors (Lipinski definition) is 0. The van der Waals surface area contributed by atoms with Gasteiger partial charge in [0.1, 0.15) is 6.10 Å². The number of piperazine rings is 1. The van der Waals surface area contributed by atoms with Gasteiger partial charge in [0.25, 0.3) is 5.91 Å². The number of fused-ring (bicyclic) bond motifs is 1. The largest absolute Gasteiger partial charge is 0.368 e. The molecule has 158 valence electrons. The van der Waals surface area contributed by atoms with E-state index in [0.29, 0.717) is 39.2 Å². The fraction of sp³-hybridized carbons (Fsp3) is 0.579. The number of ether oxygens (including phenoxy) is 1. The Labute approximate surface area is 179 Å². The molecule has 1 aromatic heterocycles. The second-order valence-corrected chi connectivity index (χ2v) is 11.7. The lowest BCUT2D eigenvalue weighted by atomic mass is 10.2. The van der Waals surface area contributed by atoms with Gasteiger partial charge in [-0.1, -0.05) is 23.9 Å². The topological polar surface area (TPSA) is 79.8 Å². The lowest BCUT2D eigenvalue weighted by Crippen LogP contribution is -2.53. The molecule has 2 aliphatic heterocycles. The summed E-state index contributed by atoms with van der Waals surface area (Å²) in [7, 11) is -3.30. The number of aromatic nitrogens is 1. The van der Waals surface area contributed by atoms with Crippen molar-refractivity contribution in [2.45, 2.75) is 29.7 Å². The molecule has 2 saturated heterocycles. The summed E-state index contributed by atoms with van der Waals surface area (Å²) in [4.78, 5) is 18.7. The number of rotatable bonds is 7. The molecule has 1 aromatic carbocycles. The highest BCUT2D eigenvalue weighted by atomic mass is 32.2. The van der Waals surface area contributed by atoms with E-state index in [4.69, 9.17) is 4.74 Å². The van der Waals surface area contributed by atoms with Crippen molar-refractivity contribution in [2.75, 3.05) is 44.3 Å². The van der Waals surface area contributed by atoms with Crippen molar-refractivity contribution in [1.29, 1.82) is 0 Å². The summed E-state index contributed by atoms with van der Waals surface area (Å²) in [6.07, 6.45) is 1.93. The summed E-state index contributed by atoms with van der Waals surface area (Å²) in [5.74, 6) is 0.855. The van der Waals surface area contributed by atoms with Crippen molar-refractivity contribution in [2.24, 2.45) is 0 Å². The van der Waals surface area contributed by atoms with Crippen LogP contribution >= 0.6 is 23.1 Å². The predicted octanol–water partition coefficient (Wildman–Crippen LogP) is 2.43. The molecule has 0 bridgehead atoms. The highest BCUT2D eigenvalue weighted by molar-refractivity contribution is 8.01. The third-order valence-electron chi connectivity index (χ3n) is 5.20. The van der Waals surface area contributed by atoms with Gasteiger partial charge < -0.3 is 9.64 Å². The summed E-state index contributed by atoms with van der Waals surface area (Å²) in [6.45, 7) is 2.26. The lowest BCUT2D eigenvalue weighted by Gasteiger charge is -2.35. The van der Waals surface area contributed by atoms with E-state index < -0.39 is 10.0 Å². The number of amides is 1. The number of hydrogen-bond acceptors (Lipinski definition) is 7. The Morgan fingerprint density at radius 3 is 2.76 bits per heavy atom. The first-order valence-electron chi connectivity index (χ1n) is 9.89. The molecule has 0 radical (unpaired) electrons. The fourth-order valence-corrected chi connectivity index (χ4v) is 7.35. The second kappa shape index (κ2) is 9.30. The van der Waals surface area contributed by atoms with E-state index in [9.17, 15) is 13.2 Å². The first-order valence-corrected chi connectivity index (χ1v) is 13.3. The molecule has 0 saturated carbocycles.